The van der Waals surface area contributed by atoms with E-state index in [-0.39, 0.29) is 23.2 Å². The van der Waals surface area contributed by atoms with Gasteiger partial charge in [-0.2, -0.15) is 23.1 Å². The number of hydrogen-bond acceptors (Lipinski definition) is 5. The van der Waals surface area contributed by atoms with Crippen LogP contribution >= 0.6 is 11.6 Å². The van der Waals surface area contributed by atoms with Gasteiger partial charge in [0.1, 0.15) is 11.3 Å². The lowest BCUT2D eigenvalue weighted by molar-refractivity contribution is -0.137. The smallest absolute Gasteiger partial charge is 0.417 e. The van der Waals surface area contributed by atoms with Crippen LogP contribution in [0.1, 0.15) is 5.56 Å². The number of imidazole rings is 1. The highest BCUT2D eigenvalue weighted by Gasteiger charge is 2.33. The first kappa shape index (κ1) is 14.4. The van der Waals surface area contributed by atoms with Crippen molar-refractivity contribution in [3.05, 3.63) is 35.1 Å². The number of nitrogens with two attached hydrogens (primary N) is 1. The van der Waals surface area contributed by atoms with Crippen LogP contribution in [-0.4, -0.2) is 19.9 Å². The molecule has 0 aliphatic heterocycles. The number of nitrogen functional groups attached to an aromatic ring is 1. The molecule has 2 heterocycles. The summed E-state index contributed by atoms with van der Waals surface area (Å²) in [7, 11) is 0. The Hall–Kier alpha value is -2.55. The first-order valence-electron chi connectivity index (χ1n) is 5.86. The second-order valence-electron chi connectivity index (χ2n) is 4.23. The normalized spacial score (nSPS) is 11.8. The largest absolute Gasteiger partial charge is 0.424 e. The van der Waals surface area contributed by atoms with Gasteiger partial charge in [0.2, 0.25) is 0 Å². The number of aromatic amines is 1. The van der Waals surface area contributed by atoms with E-state index in [1.807, 2.05) is 0 Å². The zero-order valence-electron chi connectivity index (χ0n) is 10.6. The minimum atomic E-state index is -4.59. The van der Waals surface area contributed by atoms with Gasteiger partial charge in [-0.25, -0.2) is 4.98 Å². The highest BCUT2D eigenvalue weighted by molar-refractivity contribution is 6.31. The molecule has 3 rings (SSSR count). The first-order chi connectivity index (χ1) is 10.3. The van der Waals surface area contributed by atoms with Crippen molar-refractivity contribution in [1.29, 1.82) is 0 Å². The van der Waals surface area contributed by atoms with Crippen molar-refractivity contribution in [2.24, 2.45) is 0 Å². The summed E-state index contributed by atoms with van der Waals surface area (Å²) < 4.78 is 43.6. The molecule has 0 aliphatic rings. The molecule has 0 aliphatic carbocycles. The van der Waals surface area contributed by atoms with E-state index < -0.39 is 16.8 Å². The number of hydrogen-bond donors (Lipinski definition) is 2. The van der Waals surface area contributed by atoms with E-state index in [2.05, 4.69) is 19.9 Å². The van der Waals surface area contributed by atoms with Gasteiger partial charge in [-0.3, -0.25) is 0 Å². The fourth-order valence-electron chi connectivity index (χ4n) is 1.77. The summed E-state index contributed by atoms with van der Waals surface area (Å²) in [6, 6.07) is 2.89. The summed E-state index contributed by atoms with van der Waals surface area (Å²) in [6.45, 7) is 0. The molecule has 10 heteroatoms. The molecule has 0 saturated carbocycles. The molecule has 2 aromatic heterocycles. The lowest BCUT2D eigenvalue weighted by Crippen LogP contribution is -2.06. The fraction of sp³-hybridized carbons (Fsp3) is 0.0833. The van der Waals surface area contributed by atoms with Gasteiger partial charge >= 0.3 is 12.2 Å². The molecule has 6 nitrogen and oxygen atoms in total. The van der Waals surface area contributed by atoms with Gasteiger partial charge in [0.15, 0.2) is 11.5 Å². The average Bonchev–Trinajstić information content (AvgIpc) is 2.88. The van der Waals surface area contributed by atoms with E-state index in [0.29, 0.717) is 5.52 Å². The van der Waals surface area contributed by atoms with Crippen molar-refractivity contribution >= 4 is 28.6 Å². The summed E-state index contributed by atoms with van der Waals surface area (Å²) in [4.78, 5) is 14.4. The molecule has 114 valence electrons. The molecular weight excluding hydrogens is 323 g/mol. The number of benzene rings is 1. The lowest BCUT2D eigenvalue weighted by Gasteiger charge is -2.11. The Morgan fingerprint density at radius 2 is 2.00 bits per heavy atom. The minimum Gasteiger partial charge on any atom is -0.424 e. The molecule has 0 fully saturated rings. The minimum absolute atomic E-state index is 0.0718. The van der Waals surface area contributed by atoms with E-state index in [1.54, 1.807) is 0 Å². The molecule has 3 N–H and O–H groups in total. The summed E-state index contributed by atoms with van der Waals surface area (Å²) >= 11 is 5.53. The highest BCUT2D eigenvalue weighted by Crippen LogP contribution is 2.37. The number of rotatable bonds is 2. The number of aromatic nitrogens is 4. The van der Waals surface area contributed by atoms with Crippen LogP contribution in [0.15, 0.2) is 24.5 Å². The van der Waals surface area contributed by atoms with Crippen molar-refractivity contribution < 1.29 is 17.9 Å². The molecule has 3 aromatic rings. The van der Waals surface area contributed by atoms with Crippen LogP contribution in [0.2, 0.25) is 5.02 Å². The fourth-order valence-corrected chi connectivity index (χ4v) is 2.00. The van der Waals surface area contributed by atoms with Crippen LogP contribution in [0.5, 0.6) is 11.8 Å². The number of halogens is 4. The van der Waals surface area contributed by atoms with Crippen molar-refractivity contribution in [2.45, 2.75) is 6.18 Å². The first-order valence-corrected chi connectivity index (χ1v) is 6.23. The van der Waals surface area contributed by atoms with Crippen molar-refractivity contribution in [3.63, 3.8) is 0 Å². The van der Waals surface area contributed by atoms with E-state index in [1.165, 1.54) is 12.4 Å². The standard InChI is InChI=1S/C12H7ClF3N5O/c13-7-2-1-5(3-6(7)12(14,15)16)22-11-20-9(17)8-10(21-11)19-4-18-8/h1-4H,(H3,17,18,19,20,21). The highest BCUT2D eigenvalue weighted by atomic mass is 35.5. The predicted octanol–water partition coefficient (Wildman–Crippen LogP) is 3.40. The molecule has 0 unspecified atom stereocenters. The van der Waals surface area contributed by atoms with Gasteiger partial charge in [-0.1, -0.05) is 11.6 Å². The zero-order valence-corrected chi connectivity index (χ0v) is 11.4. The third-order valence-electron chi connectivity index (χ3n) is 2.75. The quantitative estimate of drug-likeness (QED) is 0.752. The van der Waals surface area contributed by atoms with Gasteiger partial charge in [-0.05, 0) is 18.2 Å². The Labute approximate surface area is 126 Å². The number of anilines is 1. The Morgan fingerprint density at radius 3 is 2.73 bits per heavy atom. The molecule has 0 saturated heterocycles. The summed E-state index contributed by atoms with van der Waals surface area (Å²) in [5, 5.41) is -0.428. The lowest BCUT2D eigenvalue weighted by atomic mass is 10.2. The number of nitrogens with zero attached hydrogens (tertiary/aromatic N) is 3. The number of H-pyrrole nitrogens is 1. The Balaban J connectivity index is 1.98. The van der Waals surface area contributed by atoms with E-state index in [4.69, 9.17) is 22.1 Å². The van der Waals surface area contributed by atoms with E-state index in [0.717, 1.165) is 12.1 Å². The number of ether oxygens (including phenoxy) is 1. The van der Waals surface area contributed by atoms with Gasteiger partial charge in [0.05, 0.1) is 16.9 Å². The van der Waals surface area contributed by atoms with E-state index >= 15 is 0 Å². The summed E-state index contributed by atoms with van der Waals surface area (Å²) in [6.07, 6.45) is -3.23. The summed E-state index contributed by atoms with van der Waals surface area (Å²) in [5.41, 5.74) is 5.32. The molecule has 0 bridgehead atoms. The van der Waals surface area contributed by atoms with Crippen LogP contribution in [0.25, 0.3) is 11.2 Å². The SMILES string of the molecule is Nc1nc(Oc2ccc(Cl)c(C(F)(F)F)c2)nc2nc[nH]c12. The van der Waals surface area contributed by atoms with Crippen LogP contribution < -0.4 is 10.5 Å². The van der Waals surface area contributed by atoms with Crippen LogP contribution in [-0.2, 0) is 6.18 Å². The van der Waals surface area contributed by atoms with Gasteiger partial charge in [-0.15, -0.1) is 0 Å². The monoisotopic (exact) mass is 329 g/mol. The maximum absolute atomic E-state index is 12.8. The Bertz CT molecular complexity index is 848. The zero-order chi connectivity index (χ0) is 15.9. The predicted molar refractivity (Wildman–Crippen MR) is 72.6 cm³/mol. The third-order valence-corrected chi connectivity index (χ3v) is 3.08. The van der Waals surface area contributed by atoms with Crippen LogP contribution in [0.4, 0.5) is 19.0 Å². The molecule has 0 atom stereocenters. The molecule has 0 radical (unpaired) electrons. The van der Waals surface area contributed by atoms with Gasteiger partial charge < -0.3 is 15.5 Å². The van der Waals surface area contributed by atoms with Crippen LogP contribution in [0, 0.1) is 0 Å². The second kappa shape index (κ2) is 5.02. The van der Waals surface area contributed by atoms with Gasteiger partial charge in [0, 0.05) is 0 Å². The third kappa shape index (κ3) is 2.62. The topological polar surface area (TPSA) is 89.7 Å². The van der Waals surface area contributed by atoms with Crippen molar-refractivity contribution in [3.8, 4) is 11.8 Å². The van der Waals surface area contributed by atoms with E-state index in [9.17, 15) is 13.2 Å². The number of fused-ring (bicyclic) bond motifs is 1. The number of alkyl halides is 3. The molecular formula is C12H7ClF3N5O. The molecule has 0 amide bonds. The Kier molecular flexibility index (Phi) is 3.28. The van der Waals surface area contributed by atoms with Gasteiger partial charge in [0.25, 0.3) is 0 Å². The molecule has 0 spiro atoms. The second-order valence-corrected chi connectivity index (χ2v) is 4.64. The van der Waals surface area contributed by atoms with Crippen molar-refractivity contribution in [2.75, 3.05) is 5.73 Å². The Morgan fingerprint density at radius 1 is 1.23 bits per heavy atom. The maximum Gasteiger partial charge on any atom is 0.417 e. The average molecular weight is 330 g/mol. The number of nitrogens with one attached hydrogen (secondary N) is 1. The molecule has 1 aromatic carbocycles. The molecule has 22 heavy (non-hydrogen) atoms. The van der Waals surface area contributed by atoms with Crippen LogP contribution in [0.3, 0.4) is 0 Å². The maximum atomic E-state index is 12.8. The van der Waals surface area contributed by atoms with Crippen molar-refractivity contribution in [1.82, 2.24) is 19.9 Å². The summed E-state index contributed by atoms with van der Waals surface area (Å²) in [5.74, 6) is -0.0477.